The summed E-state index contributed by atoms with van der Waals surface area (Å²) < 4.78 is 8.12. The van der Waals surface area contributed by atoms with Crippen molar-refractivity contribution >= 4 is 34.7 Å². The van der Waals surface area contributed by atoms with Crippen molar-refractivity contribution in [1.82, 2.24) is 19.7 Å². The third-order valence-electron chi connectivity index (χ3n) is 4.25. The molecule has 0 N–H and O–H groups in total. The Morgan fingerprint density at radius 2 is 2.00 bits per heavy atom. The molecule has 0 atom stereocenters. The molecule has 5 nitrogen and oxygen atoms in total. The first kappa shape index (κ1) is 20.2. The van der Waals surface area contributed by atoms with Crippen LogP contribution in [0.3, 0.4) is 0 Å². The van der Waals surface area contributed by atoms with E-state index in [9.17, 15) is 0 Å². The molecule has 1 aromatic carbocycles. The zero-order valence-electron chi connectivity index (χ0n) is 15.7. The number of halogens is 1. The highest BCUT2D eigenvalue weighted by molar-refractivity contribution is 7.98. The third kappa shape index (κ3) is 5.03. The summed E-state index contributed by atoms with van der Waals surface area (Å²) in [7, 11) is 0. The average Bonchev–Trinajstić information content (AvgIpc) is 3.27. The number of nitrogens with zero attached hydrogens (tertiary/aromatic N) is 4. The highest BCUT2D eigenvalue weighted by atomic mass is 35.5. The number of rotatable bonds is 9. The van der Waals surface area contributed by atoms with Gasteiger partial charge in [0.25, 0.3) is 0 Å². The number of hydrogen-bond acceptors (Lipinski definition) is 6. The molecule has 0 unspecified atom stereocenters. The SMILES string of the molecule is CCC(CC)n1c(COc2ccccc2Cl)nnc1SCc1csc(C)n1. The summed E-state index contributed by atoms with van der Waals surface area (Å²) in [5.74, 6) is 2.26. The number of thiazole rings is 1. The van der Waals surface area contributed by atoms with E-state index in [4.69, 9.17) is 16.3 Å². The fraction of sp³-hybridized carbons (Fsp3) is 0.421. The number of aryl methyl sites for hydroxylation is 1. The Balaban J connectivity index is 1.78. The summed E-state index contributed by atoms with van der Waals surface area (Å²) >= 11 is 9.54. The second kappa shape index (κ2) is 9.57. The first-order chi connectivity index (χ1) is 13.1. The highest BCUT2D eigenvalue weighted by Gasteiger charge is 2.20. The molecule has 3 aromatic rings. The molecule has 0 radical (unpaired) electrons. The van der Waals surface area contributed by atoms with Crippen LogP contribution in [0.4, 0.5) is 0 Å². The molecule has 144 valence electrons. The van der Waals surface area contributed by atoms with Crippen LogP contribution < -0.4 is 4.74 Å². The summed E-state index contributed by atoms with van der Waals surface area (Å²) in [6.45, 7) is 6.73. The number of hydrogen-bond donors (Lipinski definition) is 0. The maximum atomic E-state index is 6.19. The Morgan fingerprint density at radius 1 is 1.22 bits per heavy atom. The lowest BCUT2D eigenvalue weighted by Crippen LogP contribution is -2.14. The zero-order valence-corrected chi connectivity index (χ0v) is 18.1. The molecule has 0 spiro atoms. The number of aromatic nitrogens is 4. The van der Waals surface area contributed by atoms with Gasteiger partial charge in [0.2, 0.25) is 0 Å². The number of benzene rings is 1. The molecule has 0 saturated carbocycles. The predicted octanol–water partition coefficient (Wildman–Crippen LogP) is 5.93. The van der Waals surface area contributed by atoms with Crippen molar-refractivity contribution in [1.29, 1.82) is 0 Å². The van der Waals surface area contributed by atoms with Gasteiger partial charge in [0.15, 0.2) is 11.0 Å². The van der Waals surface area contributed by atoms with Crippen molar-refractivity contribution in [2.24, 2.45) is 0 Å². The van der Waals surface area contributed by atoms with E-state index in [1.807, 2.05) is 31.2 Å². The lowest BCUT2D eigenvalue weighted by Gasteiger charge is -2.19. The Morgan fingerprint density at radius 3 is 2.67 bits per heavy atom. The zero-order chi connectivity index (χ0) is 19.2. The molecular formula is C19H23ClN4OS2. The second-order valence-corrected chi connectivity index (χ2v) is 8.52. The molecule has 27 heavy (non-hydrogen) atoms. The number of thioether (sulfide) groups is 1. The van der Waals surface area contributed by atoms with Gasteiger partial charge >= 0.3 is 0 Å². The van der Waals surface area contributed by atoms with E-state index in [0.29, 0.717) is 23.4 Å². The monoisotopic (exact) mass is 422 g/mol. The Hall–Kier alpha value is -1.57. The minimum atomic E-state index is 0.337. The molecule has 0 bridgehead atoms. The summed E-state index contributed by atoms with van der Waals surface area (Å²) in [5, 5.41) is 13.5. The normalized spacial score (nSPS) is 11.3. The topological polar surface area (TPSA) is 52.8 Å². The third-order valence-corrected chi connectivity index (χ3v) is 6.36. The van der Waals surface area contributed by atoms with Gasteiger partial charge in [0.05, 0.1) is 15.7 Å². The van der Waals surface area contributed by atoms with Crippen LogP contribution in [0.15, 0.2) is 34.8 Å². The molecule has 0 aliphatic heterocycles. The predicted molar refractivity (Wildman–Crippen MR) is 112 cm³/mol. The molecule has 0 aliphatic rings. The highest BCUT2D eigenvalue weighted by Crippen LogP contribution is 2.30. The summed E-state index contributed by atoms with van der Waals surface area (Å²) in [6, 6.07) is 7.81. The van der Waals surface area contributed by atoms with Gasteiger partial charge in [-0.1, -0.05) is 49.3 Å². The molecule has 2 aromatic heterocycles. The van der Waals surface area contributed by atoms with Gasteiger partial charge in [-0.05, 0) is 31.9 Å². The van der Waals surface area contributed by atoms with Gasteiger partial charge < -0.3 is 9.30 Å². The first-order valence-electron chi connectivity index (χ1n) is 8.97. The lowest BCUT2D eigenvalue weighted by molar-refractivity contribution is 0.278. The molecular weight excluding hydrogens is 400 g/mol. The molecule has 8 heteroatoms. The summed E-state index contributed by atoms with van der Waals surface area (Å²) in [5.41, 5.74) is 1.08. The largest absolute Gasteiger partial charge is 0.484 e. The van der Waals surface area contributed by atoms with Crippen LogP contribution in [-0.4, -0.2) is 19.7 Å². The van der Waals surface area contributed by atoms with E-state index in [2.05, 4.69) is 39.0 Å². The molecule has 2 heterocycles. The minimum absolute atomic E-state index is 0.337. The van der Waals surface area contributed by atoms with Gasteiger partial charge in [-0.3, -0.25) is 0 Å². The van der Waals surface area contributed by atoms with E-state index in [0.717, 1.165) is 40.3 Å². The lowest BCUT2D eigenvalue weighted by atomic mass is 10.2. The van der Waals surface area contributed by atoms with E-state index in [-0.39, 0.29) is 0 Å². The van der Waals surface area contributed by atoms with E-state index in [1.165, 1.54) is 0 Å². The van der Waals surface area contributed by atoms with E-state index < -0.39 is 0 Å². The average molecular weight is 423 g/mol. The number of para-hydroxylation sites is 1. The Kier molecular flexibility index (Phi) is 7.15. The quantitative estimate of drug-likeness (QED) is 0.400. The number of ether oxygens (including phenoxy) is 1. The summed E-state index contributed by atoms with van der Waals surface area (Å²) in [4.78, 5) is 4.53. The van der Waals surface area contributed by atoms with Crippen molar-refractivity contribution < 1.29 is 4.74 Å². The van der Waals surface area contributed by atoms with Gasteiger partial charge in [0.1, 0.15) is 12.4 Å². The van der Waals surface area contributed by atoms with Crippen LogP contribution in [0.1, 0.15) is 49.3 Å². The fourth-order valence-electron chi connectivity index (χ4n) is 2.84. The van der Waals surface area contributed by atoms with Crippen LogP contribution in [0, 0.1) is 6.92 Å². The van der Waals surface area contributed by atoms with Crippen LogP contribution in [-0.2, 0) is 12.4 Å². The van der Waals surface area contributed by atoms with Gasteiger partial charge in [0, 0.05) is 17.2 Å². The maximum absolute atomic E-state index is 6.19. The van der Waals surface area contributed by atoms with E-state index in [1.54, 1.807) is 23.1 Å². The second-order valence-electron chi connectivity index (χ2n) is 6.10. The molecule has 3 rings (SSSR count). The van der Waals surface area contributed by atoms with Gasteiger partial charge in [-0.15, -0.1) is 21.5 Å². The smallest absolute Gasteiger partial charge is 0.191 e. The fourth-order valence-corrected chi connectivity index (χ4v) is 4.67. The van der Waals surface area contributed by atoms with Gasteiger partial charge in [-0.2, -0.15) is 0 Å². The summed E-state index contributed by atoms with van der Waals surface area (Å²) in [6.07, 6.45) is 2.02. The van der Waals surface area contributed by atoms with Crippen molar-refractivity contribution in [2.45, 2.75) is 57.2 Å². The molecule has 0 saturated heterocycles. The van der Waals surface area contributed by atoms with Gasteiger partial charge in [-0.25, -0.2) is 4.98 Å². The maximum Gasteiger partial charge on any atom is 0.191 e. The van der Waals surface area contributed by atoms with Crippen molar-refractivity contribution in [3.05, 3.63) is 51.2 Å². The van der Waals surface area contributed by atoms with Crippen LogP contribution >= 0.6 is 34.7 Å². The Bertz CT molecular complexity index is 876. The molecule has 0 aliphatic carbocycles. The Labute approximate surface area is 173 Å². The first-order valence-corrected chi connectivity index (χ1v) is 11.2. The minimum Gasteiger partial charge on any atom is -0.484 e. The van der Waals surface area contributed by atoms with Crippen molar-refractivity contribution in [3.63, 3.8) is 0 Å². The molecule has 0 fully saturated rings. The van der Waals surface area contributed by atoms with Crippen LogP contribution in [0.5, 0.6) is 5.75 Å². The van der Waals surface area contributed by atoms with Crippen LogP contribution in [0.25, 0.3) is 0 Å². The van der Waals surface area contributed by atoms with Crippen molar-refractivity contribution in [3.8, 4) is 5.75 Å². The van der Waals surface area contributed by atoms with E-state index >= 15 is 0 Å². The van der Waals surface area contributed by atoms with Crippen molar-refractivity contribution in [2.75, 3.05) is 0 Å². The molecule has 0 amide bonds. The standard InChI is InChI=1S/C19H23ClN4OS2/c1-4-15(5-2)24-18(10-25-17-9-7-6-8-16(17)20)22-23-19(24)27-12-14-11-26-13(3)21-14/h6-9,11,15H,4-5,10,12H2,1-3H3. The van der Waals surface area contributed by atoms with Crippen LogP contribution in [0.2, 0.25) is 5.02 Å².